The smallest absolute Gasteiger partial charge is 0.255 e. The van der Waals surface area contributed by atoms with E-state index in [0.29, 0.717) is 16.3 Å². The lowest BCUT2D eigenvalue weighted by molar-refractivity contribution is 1.24. The molecule has 0 aliphatic carbocycles. The zero-order chi connectivity index (χ0) is 10.8. The van der Waals surface area contributed by atoms with E-state index in [0.717, 1.165) is 5.56 Å². The summed E-state index contributed by atoms with van der Waals surface area (Å²) in [6, 6.07) is 8.64. The monoisotopic (exact) mass is 220 g/mol. The van der Waals surface area contributed by atoms with Gasteiger partial charge in [0.2, 0.25) is 0 Å². The van der Waals surface area contributed by atoms with Gasteiger partial charge in [-0.05, 0) is 29.8 Å². The first-order chi connectivity index (χ1) is 7.18. The summed E-state index contributed by atoms with van der Waals surface area (Å²) in [6.45, 7) is 0. The molecule has 2 rings (SSSR count). The predicted molar refractivity (Wildman–Crippen MR) is 61.9 cm³/mol. The Morgan fingerprint density at radius 3 is 2.73 bits per heavy atom. The maximum Gasteiger partial charge on any atom is 0.255 e. The van der Waals surface area contributed by atoms with Crippen molar-refractivity contribution in [3.05, 3.63) is 51.9 Å². The van der Waals surface area contributed by atoms with Crippen LogP contribution >= 0.6 is 11.6 Å². The van der Waals surface area contributed by atoms with Gasteiger partial charge in [-0.2, -0.15) is 0 Å². The zero-order valence-corrected chi connectivity index (χ0v) is 8.58. The van der Waals surface area contributed by atoms with Gasteiger partial charge in [0.1, 0.15) is 0 Å². The van der Waals surface area contributed by atoms with Gasteiger partial charge in [0.15, 0.2) is 0 Å². The van der Waals surface area contributed by atoms with E-state index < -0.39 is 0 Å². The van der Waals surface area contributed by atoms with Gasteiger partial charge >= 0.3 is 0 Å². The average Bonchev–Trinajstić information content (AvgIpc) is 2.23. The molecular formula is C11H9ClN2O. The second kappa shape index (κ2) is 3.79. The lowest BCUT2D eigenvalue weighted by Crippen LogP contribution is -2.06. The van der Waals surface area contributed by atoms with E-state index in [-0.39, 0.29) is 5.56 Å². The second-order valence-electron chi connectivity index (χ2n) is 3.15. The molecule has 0 spiro atoms. The number of nitrogens with two attached hydrogens (primary N) is 1. The molecule has 1 aromatic heterocycles. The molecule has 0 bridgehead atoms. The number of rotatable bonds is 1. The first-order valence-corrected chi connectivity index (χ1v) is 4.79. The molecule has 0 radical (unpaired) electrons. The summed E-state index contributed by atoms with van der Waals surface area (Å²) in [5.74, 6) is 0. The fourth-order valence-corrected chi connectivity index (χ4v) is 1.52. The van der Waals surface area contributed by atoms with Gasteiger partial charge in [0, 0.05) is 11.8 Å². The van der Waals surface area contributed by atoms with Crippen molar-refractivity contribution in [3.63, 3.8) is 0 Å². The highest BCUT2D eigenvalue weighted by Gasteiger charge is 2.04. The van der Waals surface area contributed by atoms with Crippen molar-refractivity contribution < 1.29 is 0 Å². The summed E-state index contributed by atoms with van der Waals surface area (Å²) >= 11 is 5.88. The van der Waals surface area contributed by atoms with Crippen LogP contribution in [0.15, 0.2) is 41.3 Å². The Hall–Kier alpha value is -1.74. The molecule has 3 N–H and O–H groups in total. The van der Waals surface area contributed by atoms with E-state index in [9.17, 15) is 4.79 Å². The number of nitrogen functional groups attached to an aromatic ring is 1. The van der Waals surface area contributed by atoms with Crippen LogP contribution < -0.4 is 11.3 Å². The normalized spacial score (nSPS) is 10.2. The molecule has 76 valence electrons. The van der Waals surface area contributed by atoms with Crippen LogP contribution in [-0.4, -0.2) is 4.98 Å². The predicted octanol–water partition coefficient (Wildman–Crippen LogP) is 2.28. The number of benzene rings is 1. The Labute approximate surface area is 91.5 Å². The van der Waals surface area contributed by atoms with Crippen molar-refractivity contribution in [2.45, 2.75) is 0 Å². The number of nitrogens with one attached hydrogen (secondary N) is 1. The van der Waals surface area contributed by atoms with Crippen LogP contribution in [0.25, 0.3) is 11.1 Å². The number of aromatic nitrogens is 1. The van der Waals surface area contributed by atoms with E-state index in [1.165, 1.54) is 0 Å². The molecule has 15 heavy (non-hydrogen) atoms. The van der Waals surface area contributed by atoms with Gasteiger partial charge < -0.3 is 10.7 Å². The molecule has 0 saturated heterocycles. The van der Waals surface area contributed by atoms with Crippen molar-refractivity contribution in [2.24, 2.45) is 0 Å². The van der Waals surface area contributed by atoms with Crippen molar-refractivity contribution in [1.82, 2.24) is 4.98 Å². The summed E-state index contributed by atoms with van der Waals surface area (Å²) in [5.41, 5.74) is 7.30. The molecule has 3 nitrogen and oxygen atoms in total. The highest BCUT2D eigenvalue weighted by atomic mass is 35.5. The van der Waals surface area contributed by atoms with Crippen molar-refractivity contribution in [1.29, 1.82) is 0 Å². The van der Waals surface area contributed by atoms with Crippen LogP contribution in [0, 0.1) is 0 Å². The minimum absolute atomic E-state index is 0.140. The number of hydrogen-bond acceptors (Lipinski definition) is 2. The van der Waals surface area contributed by atoms with Gasteiger partial charge in [0.25, 0.3) is 5.56 Å². The number of halogens is 1. The molecule has 1 aromatic carbocycles. The lowest BCUT2D eigenvalue weighted by atomic mass is 10.1. The minimum Gasteiger partial charge on any atom is -0.398 e. The molecule has 0 unspecified atom stereocenters. The third-order valence-electron chi connectivity index (χ3n) is 2.13. The Morgan fingerprint density at radius 1 is 1.27 bits per heavy atom. The topological polar surface area (TPSA) is 58.9 Å². The number of aromatic amines is 1. The molecule has 0 aliphatic heterocycles. The molecule has 0 atom stereocenters. The molecule has 0 amide bonds. The fraction of sp³-hybridized carbons (Fsp3) is 0. The molecule has 0 saturated carbocycles. The minimum atomic E-state index is -0.140. The van der Waals surface area contributed by atoms with E-state index in [4.69, 9.17) is 17.3 Å². The van der Waals surface area contributed by atoms with Crippen LogP contribution in [-0.2, 0) is 0 Å². The maximum absolute atomic E-state index is 11.5. The van der Waals surface area contributed by atoms with Crippen molar-refractivity contribution in [3.8, 4) is 11.1 Å². The fourth-order valence-electron chi connectivity index (χ4n) is 1.34. The third-order valence-corrected chi connectivity index (χ3v) is 2.46. The average molecular weight is 221 g/mol. The first kappa shape index (κ1) is 9.80. The highest BCUT2D eigenvalue weighted by molar-refractivity contribution is 6.33. The van der Waals surface area contributed by atoms with Crippen LogP contribution in [0.4, 0.5) is 5.69 Å². The molecule has 1 heterocycles. The quantitative estimate of drug-likeness (QED) is 0.725. The van der Waals surface area contributed by atoms with Crippen molar-refractivity contribution in [2.75, 3.05) is 5.73 Å². The molecular weight excluding hydrogens is 212 g/mol. The standard InChI is InChI=1S/C11H9ClN2O/c12-9-6-7(3-4-10(9)13)8-2-1-5-14-11(8)15/h1-6H,13H2,(H,14,15). The van der Waals surface area contributed by atoms with Crippen LogP contribution in [0.5, 0.6) is 0 Å². The summed E-state index contributed by atoms with van der Waals surface area (Å²) in [4.78, 5) is 14.1. The first-order valence-electron chi connectivity index (χ1n) is 4.41. The van der Waals surface area contributed by atoms with E-state index in [2.05, 4.69) is 4.98 Å². The molecule has 0 fully saturated rings. The number of H-pyrrole nitrogens is 1. The van der Waals surface area contributed by atoms with Crippen molar-refractivity contribution >= 4 is 17.3 Å². The number of hydrogen-bond donors (Lipinski definition) is 2. The maximum atomic E-state index is 11.5. The Morgan fingerprint density at radius 2 is 2.07 bits per heavy atom. The highest BCUT2D eigenvalue weighted by Crippen LogP contribution is 2.24. The third kappa shape index (κ3) is 1.87. The Kier molecular flexibility index (Phi) is 2.47. The van der Waals surface area contributed by atoms with Crippen LogP contribution in [0.2, 0.25) is 5.02 Å². The second-order valence-corrected chi connectivity index (χ2v) is 3.56. The molecule has 0 aliphatic rings. The lowest BCUT2D eigenvalue weighted by Gasteiger charge is -2.02. The van der Waals surface area contributed by atoms with Gasteiger partial charge in [0.05, 0.1) is 10.7 Å². The van der Waals surface area contributed by atoms with E-state index in [1.54, 1.807) is 36.5 Å². The van der Waals surface area contributed by atoms with Gasteiger partial charge in [-0.15, -0.1) is 0 Å². The molecule has 4 heteroatoms. The largest absolute Gasteiger partial charge is 0.398 e. The van der Waals surface area contributed by atoms with E-state index in [1.807, 2.05) is 0 Å². The number of pyridine rings is 1. The number of anilines is 1. The van der Waals surface area contributed by atoms with Crippen LogP contribution in [0.1, 0.15) is 0 Å². The summed E-state index contributed by atoms with van der Waals surface area (Å²) in [5, 5.41) is 0.454. The SMILES string of the molecule is Nc1ccc(-c2ccc[nH]c2=O)cc1Cl. The molecule has 2 aromatic rings. The van der Waals surface area contributed by atoms with Gasteiger partial charge in [-0.3, -0.25) is 4.79 Å². The Balaban J connectivity index is 2.60. The van der Waals surface area contributed by atoms with E-state index >= 15 is 0 Å². The summed E-state index contributed by atoms with van der Waals surface area (Å²) < 4.78 is 0. The zero-order valence-electron chi connectivity index (χ0n) is 7.83. The van der Waals surface area contributed by atoms with Gasteiger partial charge in [-0.25, -0.2) is 0 Å². The Bertz CT molecular complexity index is 548. The summed E-state index contributed by atoms with van der Waals surface area (Å²) in [6.07, 6.45) is 1.59. The van der Waals surface area contributed by atoms with Crippen LogP contribution in [0.3, 0.4) is 0 Å². The van der Waals surface area contributed by atoms with Gasteiger partial charge in [-0.1, -0.05) is 17.7 Å². The summed E-state index contributed by atoms with van der Waals surface area (Å²) in [7, 11) is 0.